The van der Waals surface area contributed by atoms with E-state index in [1.165, 1.54) is 18.1 Å². The molecule has 0 amide bonds. The number of hydrogen-bond donors (Lipinski definition) is 2. The summed E-state index contributed by atoms with van der Waals surface area (Å²) < 4.78 is 80.8. The fourth-order valence-corrected chi connectivity index (χ4v) is 4.34. The Labute approximate surface area is 230 Å². The molecule has 1 aromatic heterocycles. The highest BCUT2D eigenvalue weighted by atomic mass is 19.4. The molecule has 14 heteroatoms. The summed E-state index contributed by atoms with van der Waals surface area (Å²) >= 11 is 0. The van der Waals surface area contributed by atoms with Gasteiger partial charge in [0.1, 0.15) is 5.82 Å². The van der Waals surface area contributed by atoms with Crippen LogP contribution >= 0.6 is 0 Å². The molecule has 40 heavy (non-hydrogen) atoms. The SMILES string of the molecule is CCCC(CC)CN(CC)c1ncc(N)cc1CN(Cc1cc(C(F)(F)F)cc(C(F)(F)F)c1)/C(N)=N/N=NC. The highest BCUT2D eigenvalue weighted by Crippen LogP contribution is 2.37. The molecule has 4 N–H and O–H groups in total. The summed E-state index contributed by atoms with van der Waals surface area (Å²) in [7, 11) is 1.34. The second kappa shape index (κ2) is 14.2. The fraction of sp³-hybridized carbons (Fsp3) is 0.538. The maximum Gasteiger partial charge on any atom is 0.416 e. The first kappa shape index (κ1) is 32.6. The maximum atomic E-state index is 13.5. The van der Waals surface area contributed by atoms with E-state index in [0.29, 0.717) is 48.2 Å². The van der Waals surface area contributed by atoms with Crippen molar-refractivity contribution in [3.63, 3.8) is 0 Å². The van der Waals surface area contributed by atoms with Gasteiger partial charge in [-0.25, -0.2) is 4.98 Å². The van der Waals surface area contributed by atoms with Gasteiger partial charge < -0.3 is 21.3 Å². The van der Waals surface area contributed by atoms with E-state index in [1.807, 2.05) is 6.92 Å². The van der Waals surface area contributed by atoms with Gasteiger partial charge in [0.05, 0.1) is 30.1 Å². The summed E-state index contributed by atoms with van der Waals surface area (Å²) in [5.41, 5.74) is 9.90. The molecule has 0 fully saturated rings. The molecule has 8 nitrogen and oxygen atoms in total. The van der Waals surface area contributed by atoms with Crippen molar-refractivity contribution in [1.29, 1.82) is 0 Å². The van der Waals surface area contributed by atoms with Crippen LogP contribution in [0.15, 0.2) is 45.9 Å². The van der Waals surface area contributed by atoms with E-state index >= 15 is 0 Å². The topological polar surface area (TPSA) is 108 Å². The van der Waals surface area contributed by atoms with E-state index in [4.69, 9.17) is 11.5 Å². The first-order valence-corrected chi connectivity index (χ1v) is 12.9. The summed E-state index contributed by atoms with van der Waals surface area (Å²) in [6, 6.07) is 3.05. The van der Waals surface area contributed by atoms with Gasteiger partial charge in [-0.3, -0.25) is 0 Å². The maximum absolute atomic E-state index is 13.5. The lowest BCUT2D eigenvalue weighted by molar-refractivity contribution is -0.143. The van der Waals surface area contributed by atoms with Crippen LogP contribution in [-0.4, -0.2) is 36.0 Å². The number of guanidine groups is 1. The average molecular weight is 575 g/mol. The minimum atomic E-state index is -4.99. The van der Waals surface area contributed by atoms with Gasteiger partial charge in [-0.1, -0.05) is 31.8 Å². The molecule has 0 aliphatic heterocycles. The normalized spacial score (nSPS) is 13.6. The van der Waals surface area contributed by atoms with Gasteiger partial charge >= 0.3 is 12.4 Å². The van der Waals surface area contributed by atoms with Gasteiger partial charge in [0.25, 0.3) is 0 Å². The molecule has 222 valence electrons. The zero-order valence-corrected chi connectivity index (χ0v) is 23.0. The Morgan fingerprint density at radius 2 is 1.60 bits per heavy atom. The number of nitrogens with zero attached hydrogens (tertiary/aromatic N) is 6. The quantitative estimate of drug-likeness (QED) is 0.0968. The van der Waals surface area contributed by atoms with E-state index in [9.17, 15) is 26.3 Å². The minimum Gasteiger partial charge on any atom is -0.397 e. The van der Waals surface area contributed by atoms with Gasteiger partial charge in [-0.05, 0) is 54.3 Å². The third-order valence-electron chi connectivity index (χ3n) is 6.34. The highest BCUT2D eigenvalue weighted by Gasteiger charge is 2.37. The van der Waals surface area contributed by atoms with E-state index < -0.39 is 30.0 Å². The number of nitrogen functional groups attached to an aromatic ring is 1. The third-order valence-corrected chi connectivity index (χ3v) is 6.34. The second-order valence-corrected chi connectivity index (χ2v) is 9.37. The molecule has 0 spiro atoms. The first-order chi connectivity index (χ1) is 18.7. The summed E-state index contributed by atoms with van der Waals surface area (Å²) in [5, 5.41) is 10.7. The molecular formula is C26H36F6N8. The van der Waals surface area contributed by atoms with Crippen molar-refractivity contribution in [2.75, 3.05) is 30.8 Å². The van der Waals surface area contributed by atoms with Crippen LogP contribution in [0.1, 0.15) is 62.3 Å². The number of anilines is 2. The Balaban J connectivity index is 2.58. The van der Waals surface area contributed by atoms with Crippen molar-refractivity contribution >= 4 is 17.5 Å². The van der Waals surface area contributed by atoms with Gasteiger partial charge in [-0.15, -0.1) is 0 Å². The number of alkyl halides is 6. The number of rotatable bonds is 12. The fourth-order valence-electron chi connectivity index (χ4n) is 4.34. The summed E-state index contributed by atoms with van der Waals surface area (Å²) in [5.74, 6) is 0.724. The Bertz CT molecular complexity index is 1130. The predicted octanol–water partition coefficient (Wildman–Crippen LogP) is 6.67. The van der Waals surface area contributed by atoms with Crippen molar-refractivity contribution in [1.82, 2.24) is 9.88 Å². The lowest BCUT2D eigenvalue weighted by atomic mass is 10.00. The molecule has 1 heterocycles. The van der Waals surface area contributed by atoms with E-state index in [2.05, 4.69) is 39.2 Å². The van der Waals surface area contributed by atoms with E-state index in [0.717, 1.165) is 19.3 Å². The molecule has 2 rings (SSSR count). The van der Waals surface area contributed by atoms with E-state index in [-0.39, 0.29) is 24.1 Å². The highest BCUT2D eigenvalue weighted by molar-refractivity contribution is 5.78. The average Bonchev–Trinajstić information content (AvgIpc) is 2.88. The number of pyridine rings is 1. The molecule has 0 saturated heterocycles. The van der Waals surface area contributed by atoms with Crippen LogP contribution in [-0.2, 0) is 25.4 Å². The third kappa shape index (κ3) is 9.26. The molecule has 1 unspecified atom stereocenters. The van der Waals surface area contributed by atoms with Crippen LogP contribution < -0.4 is 16.4 Å². The molecular weight excluding hydrogens is 538 g/mol. The molecule has 1 atom stereocenters. The molecule has 0 aliphatic carbocycles. The van der Waals surface area contributed by atoms with Crippen molar-refractivity contribution in [3.8, 4) is 0 Å². The van der Waals surface area contributed by atoms with Crippen molar-refractivity contribution in [3.05, 3.63) is 52.7 Å². The zero-order valence-electron chi connectivity index (χ0n) is 23.0. The van der Waals surface area contributed by atoms with E-state index in [1.54, 1.807) is 6.07 Å². The minimum absolute atomic E-state index is 0.0688. The molecule has 0 saturated carbocycles. The Morgan fingerprint density at radius 3 is 2.10 bits per heavy atom. The lowest BCUT2D eigenvalue weighted by Gasteiger charge is -2.31. The Kier molecular flexibility index (Phi) is 11.6. The first-order valence-electron chi connectivity index (χ1n) is 12.9. The van der Waals surface area contributed by atoms with Gasteiger partial charge in [-0.2, -0.15) is 31.5 Å². The van der Waals surface area contributed by atoms with Gasteiger partial charge in [0.2, 0.25) is 5.96 Å². The molecule has 2 aromatic rings. The van der Waals surface area contributed by atoms with Crippen molar-refractivity contribution in [2.45, 2.75) is 65.5 Å². The number of aromatic nitrogens is 1. The Hall–Kier alpha value is -3.58. The zero-order chi connectivity index (χ0) is 30.1. The van der Waals surface area contributed by atoms with Crippen LogP contribution in [0.25, 0.3) is 0 Å². The standard InChI is InChI=1S/C26H36F6N8/c1-5-8-17(6-2)14-39(7-3)23-19(11-22(33)13-36-23)16-40(24(34)37-38-35-4)15-18-9-20(25(27,28)29)12-21(10-18)26(30,31)32/h9-13,17H,5-8,14-16,33H2,1-4H3,(H2,34,35,37). The summed E-state index contributed by atoms with van der Waals surface area (Å²) in [4.78, 5) is 7.90. The van der Waals surface area contributed by atoms with Crippen LogP contribution in [0.5, 0.6) is 0 Å². The van der Waals surface area contributed by atoms with Crippen LogP contribution in [0, 0.1) is 5.92 Å². The monoisotopic (exact) mass is 574 g/mol. The molecule has 0 aliphatic rings. The van der Waals surface area contributed by atoms with Gasteiger partial charge in [0, 0.05) is 31.7 Å². The molecule has 0 radical (unpaired) electrons. The Morgan fingerprint density at radius 1 is 0.975 bits per heavy atom. The largest absolute Gasteiger partial charge is 0.416 e. The lowest BCUT2D eigenvalue weighted by Crippen LogP contribution is -2.37. The van der Waals surface area contributed by atoms with Crippen LogP contribution in [0.3, 0.4) is 0 Å². The van der Waals surface area contributed by atoms with Crippen LogP contribution in [0.2, 0.25) is 0 Å². The number of hydrogen-bond acceptors (Lipinski definition) is 5. The smallest absolute Gasteiger partial charge is 0.397 e. The number of halogens is 6. The van der Waals surface area contributed by atoms with Crippen molar-refractivity contribution in [2.24, 2.45) is 27.1 Å². The predicted molar refractivity (Wildman–Crippen MR) is 143 cm³/mol. The molecule has 1 aromatic carbocycles. The summed E-state index contributed by atoms with van der Waals surface area (Å²) in [6.07, 6.45) is -5.49. The summed E-state index contributed by atoms with van der Waals surface area (Å²) in [6.45, 7) is 7.00. The van der Waals surface area contributed by atoms with Crippen molar-refractivity contribution < 1.29 is 26.3 Å². The van der Waals surface area contributed by atoms with Gasteiger partial charge in [0.15, 0.2) is 0 Å². The van der Waals surface area contributed by atoms with Crippen LogP contribution in [0.4, 0.5) is 37.8 Å². The number of benzene rings is 1. The molecule has 0 bridgehead atoms. The second-order valence-electron chi connectivity index (χ2n) is 9.37. The number of nitrogens with two attached hydrogens (primary N) is 2.